The lowest BCUT2D eigenvalue weighted by Gasteiger charge is -2.41. The number of thioether (sulfide) groups is 1. The van der Waals surface area contributed by atoms with Gasteiger partial charge in [0.2, 0.25) is 17.7 Å². The number of likely N-dealkylation sites (tertiary alicyclic amines) is 1. The molecule has 1 N–H and O–H groups in total. The molecule has 9 nitrogen and oxygen atoms in total. The summed E-state index contributed by atoms with van der Waals surface area (Å²) in [5.41, 5.74) is 1.00. The standard InChI is InChI=1S/C35H49BrN4O5S/c1-5-13-38(16-15-37-17-19-45-20-18-37)34(44)31-35-21-26(36)30(46-35)28(29(35)33(43)40(31)27(23-41)24(4)7-3)32(42)39(14-6-2)22-25-11-9-8-10-12-25/h5-6,8-12,24,26-31,41H,1-2,7,13-23H2,3-4H3/t24-,26?,27-,28+,29-,30+,31?,35?/m0/s1. The summed E-state index contributed by atoms with van der Waals surface area (Å²) in [6, 6.07) is 8.51. The average Bonchev–Trinajstić information content (AvgIpc) is 3.66. The number of hydrogen-bond acceptors (Lipinski definition) is 7. The lowest BCUT2D eigenvalue weighted by Crippen LogP contribution is -2.59. The number of aliphatic hydroxyl groups excluding tert-OH is 1. The number of hydrogen-bond donors (Lipinski definition) is 1. The van der Waals surface area contributed by atoms with Crippen molar-refractivity contribution in [2.24, 2.45) is 17.8 Å². The zero-order valence-corrected chi connectivity index (χ0v) is 29.5. The third-order valence-electron chi connectivity index (χ3n) is 10.4. The molecule has 0 aliphatic carbocycles. The number of nitrogens with zero attached hydrogens (tertiary/aromatic N) is 4. The van der Waals surface area contributed by atoms with Crippen molar-refractivity contribution in [3.63, 3.8) is 0 Å². The summed E-state index contributed by atoms with van der Waals surface area (Å²) in [7, 11) is 0. The van der Waals surface area contributed by atoms with Crippen molar-refractivity contribution >= 4 is 45.4 Å². The van der Waals surface area contributed by atoms with E-state index in [0.717, 1.165) is 25.1 Å². The Morgan fingerprint density at radius 1 is 1.15 bits per heavy atom. The predicted octanol–water partition coefficient (Wildman–Crippen LogP) is 3.42. The summed E-state index contributed by atoms with van der Waals surface area (Å²) in [6.45, 7) is 17.0. The Balaban J connectivity index is 1.52. The summed E-state index contributed by atoms with van der Waals surface area (Å²) in [5.74, 6) is -1.69. The van der Waals surface area contributed by atoms with Crippen LogP contribution in [0, 0.1) is 17.8 Å². The van der Waals surface area contributed by atoms with Gasteiger partial charge < -0.3 is 24.5 Å². The van der Waals surface area contributed by atoms with Gasteiger partial charge in [-0.05, 0) is 17.9 Å². The molecule has 4 heterocycles. The first kappa shape index (κ1) is 35.1. The quantitative estimate of drug-likeness (QED) is 0.220. The summed E-state index contributed by atoms with van der Waals surface area (Å²) >= 11 is 5.55. The number of carbonyl (C=O) groups is 3. The smallest absolute Gasteiger partial charge is 0.247 e. The molecule has 0 saturated carbocycles. The van der Waals surface area contributed by atoms with E-state index in [9.17, 15) is 19.5 Å². The zero-order chi connectivity index (χ0) is 33.0. The minimum absolute atomic E-state index is 0.0351. The van der Waals surface area contributed by atoms with Gasteiger partial charge in [-0.25, -0.2) is 0 Å². The Bertz CT molecular complexity index is 1260. The number of ether oxygens (including phenoxy) is 1. The number of halogens is 1. The minimum atomic E-state index is -0.796. The molecule has 4 aliphatic rings. The lowest BCUT2D eigenvalue weighted by atomic mass is 9.70. The Morgan fingerprint density at radius 3 is 2.46 bits per heavy atom. The molecule has 0 radical (unpaired) electrons. The van der Waals surface area contributed by atoms with Crippen LogP contribution in [0.1, 0.15) is 32.3 Å². The molecule has 5 rings (SSSR count). The van der Waals surface area contributed by atoms with Gasteiger partial charge in [-0.3, -0.25) is 19.3 Å². The number of amides is 3. The van der Waals surface area contributed by atoms with Crippen LogP contribution >= 0.6 is 27.7 Å². The highest BCUT2D eigenvalue weighted by atomic mass is 79.9. The second-order valence-corrected chi connectivity index (χ2v) is 15.8. The maximum atomic E-state index is 14.9. The van der Waals surface area contributed by atoms with Crippen LogP contribution in [0.2, 0.25) is 0 Å². The highest BCUT2D eigenvalue weighted by Crippen LogP contribution is 2.68. The van der Waals surface area contributed by atoms with Gasteiger partial charge in [0, 0.05) is 55.9 Å². The molecule has 1 aromatic rings. The zero-order valence-electron chi connectivity index (χ0n) is 27.1. The number of aliphatic hydroxyl groups is 1. The van der Waals surface area contributed by atoms with Crippen molar-refractivity contribution in [3.8, 4) is 0 Å². The van der Waals surface area contributed by atoms with Crippen molar-refractivity contribution in [1.29, 1.82) is 0 Å². The van der Waals surface area contributed by atoms with Gasteiger partial charge in [0.25, 0.3) is 0 Å². The van der Waals surface area contributed by atoms with Crippen LogP contribution < -0.4 is 0 Å². The first-order valence-corrected chi connectivity index (χ1v) is 18.4. The summed E-state index contributed by atoms with van der Waals surface area (Å²) in [5, 5.41) is 10.6. The fourth-order valence-corrected chi connectivity index (χ4v) is 11.5. The number of carbonyl (C=O) groups excluding carboxylic acids is 3. The van der Waals surface area contributed by atoms with E-state index in [4.69, 9.17) is 4.74 Å². The van der Waals surface area contributed by atoms with E-state index in [2.05, 4.69) is 34.0 Å². The Kier molecular flexibility index (Phi) is 11.7. The summed E-state index contributed by atoms with van der Waals surface area (Å²) in [6.07, 6.45) is 4.80. The van der Waals surface area contributed by atoms with Crippen molar-refractivity contribution in [3.05, 3.63) is 61.2 Å². The summed E-state index contributed by atoms with van der Waals surface area (Å²) < 4.78 is 4.72. The molecule has 4 fully saturated rings. The third kappa shape index (κ3) is 6.59. The van der Waals surface area contributed by atoms with Crippen LogP contribution in [-0.4, -0.2) is 128 Å². The van der Waals surface area contributed by atoms with Crippen LogP contribution in [0.25, 0.3) is 0 Å². The second-order valence-electron chi connectivity index (χ2n) is 13.1. The largest absolute Gasteiger partial charge is 0.394 e. The van der Waals surface area contributed by atoms with E-state index in [1.54, 1.807) is 33.7 Å². The van der Waals surface area contributed by atoms with Gasteiger partial charge >= 0.3 is 0 Å². The van der Waals surface area contributed by atoms with Crippen LogP contribution in [-0.2, 0) is 25.7 Å². The maximum Gasteiger partial charge on any atom is 0.247 e. The molecule has 2 bridgehead atoms. The van der Waals surface area contributed by atoms with E-state index in [1.165, 1.54) is 0 Å². The van der Waals surface area contributed by atoms with Crippen LogP contribution in [0.5, 0.6) is 0 Å². The Labute approximate surface area is 286 Å². The SMILES string of the molecule is C=CCN(CCN1CCOCC1)C(=O)C1N([C@@H](CO)[C@@H](C)CC)C(=O)[C@@H]2[C@@H](C(=O)N(CC=C)Cc3ccccc3)[C@@H]3SC12CC3Br. The predicted molar refractivity (Wildman–Crippen MR) is 185 cm³/mol. The molecular weight excluding hydrogens is 668 g/mol. The Morgan fingerprint density at radius 2 is 1.83 bits per heavy atom. The van der Waals surface area contributed by atoms with Crippen molar-refractivity contribution < 1.29 is 24.2 Å². The van der Waals surface area contributed by atoms with E-state index in [0.29, 0.717) is 52.4 Å². The van der Waals surface area contributed by atoms with Gasteiger partial charge in [-0.1, -0.05) is 78.7 Å². The van der Waals surface area contributed by atoms with E-state index < -0.39 is 28.7 Å². The number of benzene rings is 1. The van der Waals surface area contributed by atoms with Gasteiger partial charge in [0.15, 0.2) is 0 Å². The molecule has 1 aromatic carbocycles. The monoisotopic (exact) mass is 716 g/mol. The molecule has 8 atom stereocenters. The van der Waals surface area contributed by atoms with Crippen LogP contribution in [0.3, 0.4) is 0 Å². The van der Waals surface area contributed by atoms with E-state index in [1.807, 2.05) is 49.1 Å². The van der Waals surface area contributed by atoms with Crippen LogP contribution in [0.15, 0.2) is 55.6 Å². The molecule has 4 aliphatic heterocycles. The molecule has 252 valence electrons. The molecule has 1 spiro atoms. The third-order valence-corrected chi connectivity index (χ3v) is 13.6. The van der Waals surface area contributed by atoms with Gasteiger partial charge in [0.1, 0.15) is 6.04 Å². The topological polar surface area (TPSA) is 93.6 Å². The van der Waals surface area contributed by atoms with E-state index in [-0.39, 0.29) is 40.3 Å². The fraction of sp³-hybridized carbons (Fsp3) is 0.629. The second kappa shape index (κ2) is 15.4. The van der Waals surface area contributed by atoms with Gasteiger partial charge in [-0.15, -0.1) is 24.9 Å². The van der Waals surface area contributed by atoms with Crippen molar-refractivity contribution in [2.75, 3.05) is 59.1 Å². The van der Waals surface area contributed by atoms with Gasteiger partial charge in [-0.2, -0.15) is 0 Å². The lowest BCUT2D eigenvalue weighted by molar-refractivity contribution is -0.148. The maximum absolute atomic E-state index is 14.9. The number of morpholine rings is 1. The number of rotatable bonds is 15. The van der Waals surface area contributed by atoms with Gasteiger partial charge in [0.05, 0.1) is 42.4 Å². The average molecular weight is 718 g/mol. The fourth-order valence-electron chi connectivity index (χ4n) is 7.91. The van der Waals surface area contributed by atoms with Crippen LogP contribution in [0.4, 0.5) is 0 Å². The van der Waals surface area contributed by atoms with E-state index >= 15 is 0 Å². The molecule has 0 aromatic heterocycles. The molecule has 3 unspecified atom stereocenters. The molecule has 4 saturated heterocycles. The van der Waals surface area contributed by atoms with Crippen molar-refractivity contribution in [1.82, 2.24) is 19.6 Å². The molecule has 46 heavy (non-hydrogen) atoms. The highest BCUT2D eigenvalue weighted by Gasteiger charge is 2.76. The first-order chi connectivity index (χ1) is 22.2. The highest BCUT2D eigenvalue weighted by molar-refractivity contribution is 9.09. The molecular formula is C35H49BrN4O5S. The Hall–Kier alpha value is -2.18. The first-order valence-electron chi connectivity index (χ1n) is 16.6. The van der Waals surface area contributed by atoms with Crippen molar-refractivity contribution in [2.45, 2.75) is 60.1 Å². The molecule has 3 amide bonds. The normalized spacial score (nSPS) is 30.1. The minimum Gasteiger partial charge on any atom is -0.394 e. The number of fused-ring (bicyclic) bond motifs is 1. The molecule has 11 heteroatoms. The summed E-state index contributed by atoms with van der Waals surface area (Å²) in [4.78, 5) is 51.9. The number of alkyl halides is 1.